The zero-order chi connectivity index (χ0) is 33.0. The van der Waals surface area contributed by atoms with E-state index in [1.54, 1.807) is 0 Å². The fourth-order valence-electron chi connectivity index (χ4n) is 4.21. The third kappa shape index (κ3) is 14.4. The summed E-state index contributed by atoms with van der Waals surface area (Å²) in [5.41, 5.74) is 0. The maximum atomic E-state index is 9.00. The van der Waals surface area contributed by atoms with E-state index in [1.807, 2.05) is 24.3 Å². The van der Waals surface area contributed by atoms with Crippen molar-refractivity contribution in [3.8, 4) is 0 Å². The standard InChI is InChI=1S/2C18H14P.2C2H4O2.Pd/c2*1-4-10-16(11-5-1)19(17-12-6-2-7-13-17)18-14-8-3-9-15-18;2*1-2(3)4;/h2*1-14H;2*1H3,(H,3,4);/q2*-1;;;+2. The Morgan fingerprint density at radius 2 is 0.638 bits per heavy atom. The first-order valence-electron chi connectivity index (χ1n) is 14.5. The van der Waals surface area contributed by atoms with Crippen molar-refractivity contribution in [3.05, 3.63) is 182 Å². The Hall–Kier alpha value is -4.22. The van der Waals surface area contributed by atoms with Gasteiger partial charge in [-0.1, -0.05) is 121 Å². The van der Waals surface area contributed by atoms with Crippen LogP contribution in [0.3, 0.4) is 0 Å². The number of aliphatic carboxylic acids is 2. The van der Waals surface area contributed by atoms with E-state index < -0.39 is 27.8 Å². The predicted molar refractivity (Wildman–Crippen MR) is 195 cm³/mol. The minimum Gasteiger partial charge on any atom is -0.481 e. The van der Waals surface area contributed by atoms with Gasteiger partial charge >= 0.3 is 20.4 Å². The second-order valence-corrected chi connectivity index (χ2v) is 13.9. The van der Waals surface area contributed by atoms with Gasteiger partial charge in [-0.05, 0) is 37.1 Å². The van der Waals surface area contributed by atoms with Gasteiger partial charge in [0.1, 0.15) is 0 Å². The summed E-state index contributed by atoms with van der Waals surface area (Å²) in [5, 5.41) is 22.8. The molecule has 0 radical (unpaired) electrons. The average Bonchev–Trinajstić information content (AvgIpc) is 3.08. The monoisotopic (exact) mass is 748 g/mol. The van der Waals surface area contributed by atoms with Gasteiger partial charge in [-0.15, -0.1) is 10.6 Å². The van der Waals surface area contributed by atoms with Crippen LogP contribution in [0.15, 0.2) is 170 Å². The molecule has 0 aliphatic carbocycles. The van der Waals surface area contributed by atoms with Crippen LogP contribution < -0.4 is 31.8 Å². The van der Waals surface area contributed by atoms with Crippen molar-refractivity contribution >= 4 is 59.6 Å². The van der Waals surface area contributed by atoms with Crippen molar-refractivity contribution in [3.63, 3.8) is 0 Å². The number of benzene rings is 6. The van der Waals surface area contributed by atoms with E-state index in [2.05, 4.69) is 158 Å². The van der Waals surface area contributed by atoms with Crippen molar-refractivity contribution in [2.45, 2.75) is 13.8 Å². The molecule has 0 spiro atoms. The Bertz CT molecular complexity index is 1370. The molecule has 0 amide bonds. The molecular weight excluding hydrogens is 713 g/mol. The topological polar surface area (TPSA) is 74.6 Å². The molecule has 0 saturated carbocycles. The molecule has 0 saturated heterocycles. The van der Waals surface area contributed by atoms with Crippen LogP contribution in [0.2, 0.25) is 0 Å². The number of carboxylic acid groups (broad SMARTS) is 2. The van der Waals surface area contributed by atoms with E-state index >= 15 is 0 Å². The van der Waals surface area contributed by atoms with Gasteiger partial charge in [-0.3, -0.25) is 9.59 Å². The Kier molecular flexibility index (Phi) is 18.5. The summed E-state index contributed by atoms with van der Waals surface area (Å²) < 4.78 is 0. The maximum Gasteiger partial charge on any atom is 2.00 e. The van der Waals surface area contributed by atoms with Crippen molar-refractivity contribution < 1.29 is 40.2 Å². The summed E-state index contributed by atoms with van der Waals surface area (Å²) in [6.45, 7) is 2.17. The maximum absolute atomic E-state index is 9.00. The van der Waals surface area contributed by atoms with Crippen LogP contribution in [0.1, 0.15) is 13.8 Å². The summed E-state index contributed by atoms with van der Waals surface area (Å²) in [4.78, 5) is 18.0. The van der Waals surface area contributed by atoms with Crippen molar-refractivity contribution in [1.82, 2.24) is 0 Å². The number of rotatable bonds is 6. The number of carbonyl (C=O) groups is 2. The van der Waals surface area contributed by atoms with Crippen LogP contribution >= 0.6 is 15.8 Å². The molecule has 6 aromatic rings. The van der Waals surface area contributed by atoms with Crippen molar-refractivity contribution in [1.29, 1.82) is 0 Å². The first-order chi connectivity index (χ1) is 22.4. The Morgan fingerprint density at radius 1 is 0.426 bits per heavy atom. The van der Waals surface area contributed by atoms with E-state index in [1.165, 1.54) is 31.8 Å². The molecule has 0 unspecified atom stereocenters. The fourth-order valence-corrected chi connectivity index (χ4v) is 8.68. The van der Waals surface area contributed by atoms with Crippen LogP contribution in [0, 0.1) is 12.1 Å². The van der Waals surface area contributed by atoms with Crippen LogP contribution in [0.25, 0.3) is 0 Å². The molecule has 0 fully saturated rings. The summed E-state index contributed by atoms with van der Waals surface area (Å²) in [7, 11) is -1.00. The third-order valence-electron chi connectivity index (χ3n) is 5.92. The molecule has 2 N–H and O–H groups in total. The molecule has 0 aromatic heterocycles. The number of carboxylic acids is 2. The van der Waals surface area contributed by atoms with Gasteiger partial charge in [0, 0.05) is 13.8 Å². The van der Waals surface area contributed by atoms with Crippen molar-refractivity contribution in [2.24, 2.45) is 0 Å². The molecule has 0 aliphatic rings. The van der Waals surface area contributed by atoms with Gasteiger partial charge in [0.15, 0.2) is 0 Å². The predicted octanol–water partition coefficient (Wildman–Crippen LogP) is 6.67. The Morgan fingerprint density at radius 3 is 0.830 bits per heavy atom. The molecule has 0 aliphatic heterocycles. The van der Waals surface area contributed by atoms with Gasteiger partial charge < -0.3 is 10.2 Å². The first kappa shape index (κ1) is 39.0. The van der Waals surface area contributed by atoms with Crippen LogP contribution in [-0.4, -0.2) is 22.2 Å². The smallest absolute Gasteiger partial charge is 0.481 e. The largest absolute Gasteiger partial charge is 2.00 e. The fraction of sp³-hybridized carbons (Fsp3) is 0.0500. The zero-order valence-electron chi connectivity index (χ0n) is 26.1. The van der Waals surface area contributed by atoms with Crippen LogP contribution in [-0.2, 0) is 30.0 Å². The number of hydrogen-bond donors (Lipinski definition) is 2. The molecule has 47 heavy (non-hydrogen) atoms. The summed E-state index contributed by atoms with van der Waals surface area (Å²) in [6, 6.07) is 66.1. The SMILES string of the molecule is CC(=O)O.CC(=O)O.[Pd+2].[c-]1ccccc1P(c1ccccc1)c1ccccc1.[c-]1ccccc1P(c1ccccc1)c1ccccc1. The third-order valence-corrected chi connectivity index (χ3v) is 10.7. The van der Waals surface area contributed by atoms with E-state index in [0.29, 0.717) is 0 Å². The Labute approximate surface area is 294 Å². The molecule has 0 atom stereocenters. The summed E-state index contributed by atoms with van der Waals surface area (Å²) >= 11 is 0. The molecule has 7 heteroatoms. The van der Waals surface area contributed by atoms with Gasteiger partial charge in [0.2, 0.25) is 0 Å². The average molecular weight is 749 g/mol. The summed E-state index contributed by atoms with van der Waals surface area (Å²) in [5.74, 6) is -1.67. The van der Waals surface area contributed by atoms with Crippen molar-refractivity contribution in [2.75, 3.05) is 0 Å². The molecule has 0 heterocycles. The normalized spacial score (nSPS) is 9.62. The van der Waals surface area contributed by atoms with Gasteiger partial charge in [0.25, 0.3) is 11.9 Å². The summed E-state index contributed by atoms with van der Waals surface area (Å²) in [6.07, 6.45) is 0. The van der Waals surface area contributed by atoms with Gasteiger partial charge in [-0.2, -0.15) is 60.7 Å². The van der Waals surface area contributed by atoms with Crippen LogP contribution in [0.5, 0.6) is 0 Å². The van der Waals surface area contributed by atoms with Gasteiger partial charge in [-0.25, -0.2) is 0 Å². The molecule has 6 rings (SSSR count). The second-order valence-electron chi connectivity index (χ2n) is 9.55. The molecule has 4 nitrogen and oxygen atoms in total. The van der Waals surface area contributed by atoms with E-state index in [9.17, 15) is 0 Å². The zero-order valence-corrected chi connectivity index (χ0v) is 29.4. The van der Waals surface area contributed by atoms with E-state index in [0.717, 1.165) is 13.8 Å². The minimum absolute atomic E-state index is 0. The van der Waals surface area contributed by atoms with Gasteiger partial charge in [0.05, 0.1) is 0 Å². The number of hydrogen-bond acceptors (Lipinski definition) is 2. The first-order valence-corrected chi connectivity index (χ1v) is 17.2. The molecule has 0 bridgehead atoms. The van der Waals surface area contributed by atoms with Crippen LogP contribution in [0.4, 0.5) is 0 Å². The molecular formula is C40H36O4P2Pd. The second kappa shape index (κ2) is 22.3. The Balaban J connectivity index is 0.000000262. The van der Waals surface area contributed by atoms with E-state index in [4.69, 9.17) is 19.8 Å². The minimum atomic E-state index is -0.833. The van der Waals surface area contributed by atoms with E-state index in [-0.39, 0.29) is 20.4 Å². The molecule has 6 aromatic carbocycles. The quantitative estimate of drug-likeness (QED) is 0.114. The molecule has 240 valence electrons.